The fourth-order valence-corrected chi connectivity index (χ4v) is 4.28. The molecule has 1 aliphatic rings. The highest BCUT2D eigenvalue weighted by Gasteiger charge is 2.21. The molecular formula is C24H28N4O4. The fraction of sp³-hybridized carbons (Fsp3) is 0.417. The summed E-state index contributed by atoms with van der Waals surface area (Å²) in [6, 6.07) is 7.06. The Balaban J connectivity index is 1.46. The maximum atomic E-state index is 13.0. The standard InChI is InChI=1S/C24H28N4O4/c1-32-22-11-9-18(16-25-22)21(15-23(29)30)28-14-13-27(24(28)31)12-4-6-19-10-8-17-5-2-3-7-20(17)26-19/h8-11,13-14,16,21H,2-7,12,15H2,1H3,(H,29,30). The molecule has 32 heavy (non-hydrogen) atoms. The number of methoxy groups -OCH3 is 1. The van der Waals surface area contributed by atoms with Gasteiger partial charge in [-0.25, -0.2) is 9.78 Å². The number of aromatic nitrogens is 4. The Bertz CT molecular complexity index is 1130. The lowest BCUT2D eigenvalue weighted by Gasteiger charge is -2.16. The number of carboxylic acids is 1. The first-order valence-corrected chi connectivity index (χ1v) is 11.0. The molecule has 1 N–H and O–H groups in total. The van der Waals surface area contributed by atoms with Crippen LogP contribution in [-0.2, 0) is 30.6 Å². The fourth-order valence-electron chi connectivity index (χ4n) is 4.28. The van der Waals surface area contributed by atoms with Crippen molar-refractivity contribution in [2.45, 2.75) is 57.5 Å². The summed E-state index contributed by atoms with van der Waals surface area (Å²) in [7, 11) is 1.51. The average Bonchev–Trinajstić information content (AvgIpc) is 3.17. The largest absolute Gasteiger partial charge is 0.481 e. The normalized spacial score (nSPS) is 14.0. The summed E-state index contributed by atoms with van der Waals surface area (Å²) in [4.78, 5) is 33.4. The number of hydrogen-bond donors (Lipinski definition) is 1. The van der Waals surface area contributed by atoms with Crippen molar-refractivity contribution in [3.8, 4) is 5.88 Å². The summed E-state index contributed by atoms with van der Waals surface area (Å²) in [5, 5.41) is 9.38. The maximum absolute atomic E-state index is 13.0. The lowest BCUT2D eigenvalue weighted by atomic mass is 9.95. The molecule has 0 amide bonds. The molecule has 3 heterocycles. The van der Waals surface area contributed by atoms with Crippen LogP contribution >= 0.6 is 0 Å². The minimum Gasteiger partial charge on any atom is -0.481 e. The summed E-state index contributed by atoms with van der Waals surface area (Å²) in [5.74, 6) is -0.549. The number of hydrogen-bond acceptors (Lipinski definition) is 5. The Hall–Kier alpha value is -3.42. The van der Waals surface area contributed by atoms with Gasteiger partial charge in [-0.05, 0) is 55.7 Å². The van der Waals surface area contributed by atoms with Crippen molar-refractivity contribution >= 4 is 5.97 Å². The van der Waals surface area contributed by atoms with Crippen LogP contribution in [0.25, 0.3) is 0 Å². The number of aryl methyl sites for hydroxylation is 4. The zero-order valence-electron chi connectivity index (χ0n) is 18.2. The van der Waals surface area contributed by atoms with E-state index in [4.69, 9.17) is 9.72 Å². The Kier molecular flexibility index (Phi) is 6.68. The second-order valence-corrected chi connectivity index (χ2v) is 8.15. The van der Waals surface area contributed by atoms with Gasteiger partial charge in [-0.15, -0.1) is 0 Å². The van der Waals surface area contributed by atoms with Gasteiger partial charge in [0.25, 0.3) is 0 Å². The summed E-state index contributed by atoms with van der Waals surface area (Å²) in [6.45, 7) is 0.547. The Morgan fingerprint density at radius 2 is 2.03 bits per heavy atom. The van der Waals surface area contributed by atoms with E-state index >= 15 is 0 Å². The number of aliphatic carboxylic acids is 1. The Morgan fingerprint density at radius 1 is 1.19 bits per heavy atom. The smallest absolute Gasteiger partial charge is 0.328 e. The van der Waals surface area contributed by atoms with Gasteiger partial charge in [0.1, 0.15) is 0 Å². The van der Waals surface area contributed by atoms with Crippen molar-refractivity contribution in [1.29, 1.82) is 0 Å². The van der Waals surface area contributed by atoms with Gasteiger partial charge >= 0.3 is 11.7 Å². The van der Waals surface area contributed by atoms with E-state index < -0.39 is 12.0 Å². The molecular weight excluding hydrogens is 408 g/mol. The monoisotopic (exact) mass is 436 g/mol. The van der Waals surface area contributed by atoms with Gasteiger partial charge in [-0.2, -0.15) is 0 Å². The van der Waals surface area contributed by atoms with E-state index in [1.54, 1.807) is 35.3 Å². The highest BCUT2D eigenvalue weighted by molar-refractivity contribution is 5.68. The number of pyridine rings is 2. The van der Waals surface area contributed by atoms with Gasteiger partial charge in [0.15, 0.2) is 0 Å². The van der Waals surface area contributed by atoms with E-state index in [2.05, 4.69) is 17.1 Å². The third kappa shape index (κ3) is 4.90. The molecule has 0 aliphatic heterocycles. The molecule has 3 aromatic heterocycles. The number of rotatable bonds is 9. The van der Waals surface area contributed by atoms with E-state index in [-0.39, 0.29) is 12.1 Å². The van der Waals surface area contributed by atoms with Gasteiger partial charge in [-0.1, -0.05) is 12.1 Å². The molecule has 4 rings (SSSR count). The molecule has 0 saturated carbocycles. The predicted octanol–water partition coefficient (Wildman–Crippen LogP) is 3.02. The molecule has 0 saturated heterocycles. The quantitative estimate of drug-likeness (QED) is 0.554. The molecule has 8 heteroatoms. The molecule has 3 aromatic rings. The zero-order valence-corrected chi connectivity index (χ0v) is 18.2. The van der Waals surface area contributed by atoms with E-state index in [0.717, 1.165) is 31.4 Å². The van der Waals surface area contributed by atoms with Crippen LogP contribution in [0.15, 0.2) is 47.7 Å². The van der Waals surface area contributed by atoms with Crippen molar-refractivity contribution in [2.75, 3.05) is 7.11 Å². The van der Waals surface area contributed by atoms with Gasteiger partial charge < -0.3 is 9.84 Å². The van der Waals surface area contributed by atoms with E-state index in [1.807, 2.05) is 0 Å². The highest BCUT2D eigenvalue weighted by Crippen LogP contribution is 2.22. The zero-order chi connectivity index (χ0) is 22.5. The topological polar surface area (TPSA) is 99.2 Å². The molecule has 0 bridgehead atoms. The maximum Gasteiger partial charge on any atom is 0.328 e. The van der Waals surface area contributed by atoms with Gasteiger partial charge in [0.05, 0.1) is 19.6 Å². The first-order valence-electron chi connectivity index (χ1n) is 11.0. The van der Waals surface area contributed by atoms with Crippen molar-refractivity contribution in [3.05, 3.63) is 75.9 Å². The Morgan fingerprint density at radius 3 is 2.78 bits per heavy atom. The summed E-state index contributed by atoms with van der Waals surface area (Å²) in [5.41, 5.74) is 4.07. The molecule has 0 spiro atoms. The number of fused-ring (bicyclic) bond motifs is 1. The van der Waals surface area contributed by atoms with E-state index in [0.29, 0.717) is 18.0 Å². The van der Waals surface area contributed by atoms with Crippen molar-refractivity contribution in [2.24, 2.45) is 0 Å². The number of imidazole rings is 1. The van der Waals surface area contributed by atoms with Crippen LogP contribution in [-0.4, -0.2) is 37.3 Å². The lowest BCUT2D eigenvalue weighted by molar-refractivity contribution is -0.137. The molecule has 0 radical (unpaired) electrons. The van der Waals surface area contributed by atoms with Crippen LogP contribution in [0.3, 0.4) is 0 Å². The van der Waals surface area contributed by atoms with Crippen LogP contribution < -0.4 is 10.4 Å². The third-order valence-electron chi connectivity index (χ3n) is 6.00. The SMILES string of the molecule is COc1ccc(C(CC(=O)O)n2ccn(CCCc3ccc4c(n3)CCCC4)c2=O)cn1. The van der Waals surface area contributed by atoms with Crippen LogP contribution in [0, 0.1) is 0 Å². The van der Waals surface area contributed by atoms with E-state index in [1.165, 1.54) is 35.8 Å². The highest BCUT2D eigenvalue weighted by atomic mass is 16.5. The summed E-state index contributed by atoms with van der Waals surface area (Å²) in [6.07, 6.45) is 10.9. The third-order valence-corrected chi connectivity index (χ3v) is 6.00. The first-order chi connectivity index (χ1) is 15.5. The van der Waals surface area contributed by atoms with Crippen molar-refractivity contribution in [3.63, 3.8) is 0 Å². The molecule has 0 aromatic carbocycles. The number of ether oxygens (including phenoxy) is 1. The number of nitrogens with zero attached hydrogens (tertiary/aromatic N) is 4. The van der Waals surface area contributed by atoms with Crippen LogP contribution in [0.1, 0.15) is 54.2 Å². The predicted molar refractivity (Wildman–Crippen MR) is 119 cm³/mol. The second-order valence-electron chi connectivity index (χ2n) is 8.15. The van der Waals surface area contributed by atoms with E-state index in [9.17, 15) is 14.7 Å². The lowest BCUT2D eigenvalue weighted by Crippen LogP contribution is -2.29. The van der Waals surface area contributed by atoms with Gasteiger partial charge in [-0.3, -0.25) is 18.9 Å². The van der Waals surface area contributed by atoms with Crippen LogP contribution in [0.4, 0.5) is 0 Å². The summed E-state index contributed by atoms with van der Waals surface area (Å²) < 4.78 is 8.17. The number of carbonyl (C=O) groups is 1. The van der Waals surface area contributed by atoms with Gasteiger partial charge in [0, 0.05) is 42.6 Å². The minimum absolute atomic E-state index is 0.211. The van der Waals surface area contributed by atoms with Crippen LogP contribution in [0.5, 0.6) is 5.88 Å². The molecule has 1 aliphatic carbocycles. The van der Waals surface area contributed by atoms with Crippen molar-refractivity contribution in [1.82, 2.24) is 19.1 Å². The number of carboxylic acid groups (broad SMARTS) is 1. The van der Waals surface area contributed by atoms with Gasteiger partial charge in [0.2, 0.25) is 5.88 Å². The molecule has 0 fully saturated rings. The van der Waals surface area contributed by atoms with Crippen molar-refractivity contribution < 1.29 is 14.6 Å². The summed E-state index contributed by atoms with van der Waals surface area (Å²) >= 11 is 0. The Labute approximate surface area is 186 Å². The molecule has 1 atom stereocenters. The first kappa shape index (κ1) is 21.8. The van der Waals surface area contributed by atoms with Crippen LogP contribution in [0.2, 0.25) is 0 Å². The average molecular weight is 437 g/mol. The molecule has 8 nitrogen and oxygen atoms in total. The molecule has 1 unspecified atom stereocenters. The second kappa shape index (κ2) is 9.80. The minimum atomic E-state index is -0.982. The molecule has 168 valence electrons.